The molecule has 0 aromatic rings. The second kappa shape index (κ2) is 2.27. The second-order valence-electron chi connectivity index (χ2n) is 3.30. The molecule has 0 spiro atoms. The molecule has 1 saturated heterocycles. The topological polar surface area (TPSA) is 33.0 Å². The molecule has 0 aromatic carbocycles. The summed E-state index contributed by atoms with van der Waals surface area (Å²) in [6, 6.07) is 0.105. The SMILES string of the molecule is CC1(C)CC([NH])CCO1. The van der Waals surface area contributed by atoms with Crippen LogP contribution in [0.15, 0.2) is 0 Å². The lowest BCUT2D eigenvalue weighted by atomic mass is 9.95. The molecule has 2 heteroatoms. The average molecular weight is 128 g/mol. The molecule has 1 aliphatic heterocycles. The maximum atomic E-state index is 7.45. The summed E-state index contributed by atoms with van der Waals surface area (Å²) in [6.45, 7) is 4.86. The van der Waals surface area contributed by atoms with Crippen molar-refractivity contribution in [1.82, 2.24) is 5.73 Å². The Morgan fingerprint density at radius 3 is 2.56 bits per heavy atom. The lowest BCUT2D eigenvalue weighted by Gasteiger charge is -2.33. The zero-order chi connectivity index (χ0) is 6.91. The molecule has 0 aromatic heterocycles. The van der Waals surface area contributed by atoms with Crippen molar-refractivity contribution in [3.63, 3.8) is 0 Å². The molecule has 9 heavy (non-hydrogen) atoms. The van der Waals surface area contributed by atoms with Crippen LogP contribution in [0.25, 0.3) is 0 Å². The second-order valence-corrected chi connectivity index (χ2v) is 3.30. The number of hydrogen-bond acceptors (Lipinski definition) is 1. The first-order valence-electron chi connectivity index (χ1n) is 3.45. The normalized spacial score (nSPS) is 34.3. The molecule has 1 atom stereocenters. The summed E-state index contributed by atoms with van der Waals surface area (Å²) in [6.07, 6.45) is 1.79. The van der Waals surface area contributed by atoms with Crippen molar-refractivity contribution in [1.29, 1.82) is 0 Å². The van der Waals surface area contributed by atoms with E-state index in [4.69, 9.17) is 10.5 Å². The van der Waals surface area contributed by atoms with Crippen LogP contribution in [0, 0.1) is 0 Å². The van der Waals surface area contributed by atoms with Crippen molar-refractivity contribution in [3.8, 4) is 0 Å². The summed E-state index contributed by atoms with van der Waals surface area (Å²) < 4.78 is 5.42. The van der Waals surface area contributed by atoms with E-state index in [9.17, 15) is 0 Å². The van der Waals surface area contributed by atoms with Gasteiger partial charge in [0.25, 0.3) is 0 Å². The highest BCUT2D eigenvalue weighted by molar-refractivity contribution is 4.79. The Balaban J connectivity index is 2.41. The fraction of sp³-hybridized carbons (Fsp3) is 1.00. The average Bonchev–Trinajstić information content (AvgIpc) is 1.60. The van der Waals surface area contributed by atoms with Gasteiger partial charge in [0.15, 0.2) is 0 Å². The van der Waals surface area contributed by atoms with E-state index in [2.05, 4.69) is 0 Å². The highest BCUT2D eigenvalue weighted by Crippen LogP contribution is 2.22. The van der Waals surface area contributed by atoms with Crippen molar-refractivity contribution in [2.24, 2.45) is 0 Å². The van der Waals surface area contributed by atoms with Gasteiger partial charge in [0.1, 0.15) is 0 Å². The Hall–Kier alpha value is -0.0800. The minimum Gasteiger partial charge on any atom is -0.375 e. The quantitative estimate of drug-likeness (QED) is 0.483. The highest BCUT2D eigenvalue weighted by atomic mass is 16.5. The van der Waals surface area contributed by atoms with Gasteiger partial charge >= 0.3 is 0 Å². The third-order valence-electron chi connectivity index (χ3n) is 1.70. The zero-order valence-electron chi connectivity index (χ0n) is 6.11. The monoisotopic (exact) mass is 128 g/mol. The molecular formula is C7H14NO. The minimum atomic E-state index is -0.0370. The Morgan fingerprint density at radius 1 is 1.56 bits per heavy atom. The molecule has 1 aliphatic rings. The third kappa shape index (κ3) is 1.95. The van der Waals surface area contributed by atoms with E-state index >= 15 is 0 Å². The third-order valence-corrected chi connectivity index (χ3v) is 1.70. The molecular weight excluding hydrogens is 114 g/mol. The summed E-state index contributed by atoms with van der Waals surface area (Å²) in [7, 11) is 0. The maximum absolute atomic E-state index is 7.45. The molecule has 1 rings (SSSR count). The van der Waals surface area contributed by atoms with Crippen molar-refractivity contribution in [2.75, 3.05) is 6.61 Å². The van der Waals surface area contributed by atoms with Gasteiger partial charge < -0.3 is 4.74 Å². The highest BCUT2D eigenvalue weighted by Gasteiger charge is 2.26. The summed E-state index contributed by atoms with van der Waals surface area (Å²) in [5, 5.41) is 0. The number of hydrogen-bond donors (Lipinski definition) is 0. The Morgan fingerprint density at radius 2 is 2.22 bits per heavy atom. The molecule has 0 amide bonds. The molecule has 0 saturated carbocycles. The van der Waals surface area contributed by atoms with Crippen LogP contribution in [-0.2, 0) is 4.74 Å². The zero-order valence-corrected chi connectivity index (χ0v) is 6.11. The largest absolute Gasteiger partial charge is 0.375 e. The van der Waals surface area contributed by atoms with Gasteiger partial charge in [-0.15, -0.1) is 0 Å². The van der Waals surface area contributed by atoms with E-state index in [1.165, 1.54) is 0 Å². The van der Waals surface area contributed by atoms with Gasteiger partial charge in [-0.3, -0.25) is 5.73 Å². The Labute approximate surface area is 56.4 Å². The first-order valence-corrected chi connectivity index (χ1v) is 3.45. The van der Waals surface area contributed by atoms with Gasteiger partial charge in [0.2, 0.25) is 0 Å². The van der Waals surface area contributed by atoms with Crippen LogP contribution in [0.4, 0.5) is 0 Å². The van der Waals surface area contributed by atoms with Gasteiger partial charge in [-0.1, -0.05) is 0 Å². The standard InChI is InChI=1S/C7H14NO/c1-7(2)5-6(8)3-4-9-7/h6,8H,3-5H2,1-2H3. The van der Waals surface area contributed by atoms with Crippen molar-refractivity contribution in [2.45, 2.75) is 38.3 Å². The van der Waals surface area contributed by atoms with Crippen LogP contribution in [0.5, 0.6) is 0 Å². The summed E-state index contributed by atoms with van der Waals surface area (Å²) in [5.41, 5.74) is 7.41. The summed E-state index contributed by atoms with van der Waals surface area (Å²) >= 11 is 0. The van der Waals surface area contributed by atoms with Crippen LogP contribution in [0.1, 0.15) is 26.7 Å². The number of rotatable bonds is 0. The van der Waals surface area contributed by atoms with Gasteiger partial charge in [-0.25, -0.2) is 0 Å². The molecule has 1 fully saturated rings. The van der Waals surface area contributed by atoms with Crippen LogP contribution in [-0.4, -0.2) is 18.2 Å². The molecule has 1 N–H and O–H groups in total. The Kier molecular flexibility index (Phi) is 1.78. The van der Waals surface area contributed by atoms with Gasteiger partial charge in [0, 0.05) is 12.6 Å². The van der Waals surface area contributed by atoms with E-state index < -0.39 is 0 Å². The lowest BCUT2D eigenvalue weighted by Crippen LogP contribution is -2.37. The van der Waals surface area contributed by atoms with Crippen molar-refractivity contribution >= 4 is 0 Å². The molecule has 1 heterocycles. The van der Waals surface area contributed by atoms with Gasteiger partial charge in [-0.2, -0.15) is 0 Å². The van der Waals surface area contributed by atoms with Crippen LogP contribution >= 0.6 is 0 Å². The molecule has 1 radical (unpaired) electrons. The molecule has 0 aliphatic carbocycles. The van der Waals surface area contributed by atoms with Crippen LogP contribution in [0.2, 0.25) is 0 Å². The Bertz CT molecular complexity index is 101. The van der Waals surface area contributed by atoms with Crippen molar-refractivity contribution < 1.29 is 4.74 Å². The predicted molar refractivity (Wildman–Crippen MR) is 36.1 cm³/mol. The smallest absolute Gasteiger partial charge is 0.0641 e. The van der Waals surface area contributed by atoms with Crippen LogP contribution in [0.3, 0.4) is 0 Å². The molecule has 1 unspecified atom stereocenters. The first kappa shape index (κ1) is 7.03. The van der Waals surface area contributed by atoms with Gasteiger partial charge in [0.05, 0.1) is 5.60 Å². The predicted octanol–water partition coefficient (Wildman–Crippen LogP) is 1.23. The fourth-order valence-electron chi connectivity index (χ4n) is 1.23. The van der Waals surface area contributed by atoms with E-state index in [1.807, 2.05) is 13.8 Å². The summed E-state index contributed by atoms with van der Waals surface area (Å²) in [5.74, 6) is 0. The van der Waals surface area contributed by atoms with E-state index in [0.29, 0.717) is 0 Å². The number of nitrogens with one attached hydrogen (secondary N) is 1. The fourth-order valence-corrected chi connectivity index (χ4v) is 1.23. The van der Waals surface area contributed by atoms with E-state index in [-0.39, 0.29) is 11.6 Å². The minimum absolute atomic E-state index is 0.0370. The first-order chi connectivity index (χ1) is 4.10. The molecule has 0 bridgehead atoms. The van der Waals surface area contributed by atoms with E-state index in [0.717, 1.165) is 19.4 Å². The summed E-state index contributed by atoms with van der Waals surface area (Å²) in [4.78, 5) is 0. The lowest BCUT2D eigenvalue weighted by molar-refractivity contribution is -0.0588. The van der Waals surface area contributed by atoms with Gasteiger partial charge in [-0.05, 0) is 26.7 Å². The number of ether oxygens (including phenoxy) is 1. The van der Waals surface area contributed by atoms with Crippen molar-refractivity contribution in [3.05, 3.63) is 0 Å². The van der Waals surface area contributed by atoms with E-state index in [1.54, 1.807) is 0 Å². The maximum Gasteiger partial charge on any atom is 0.0641 e. The molecule has 2 nitrogen and oxygen atoms in total. The molecule has 53 valence electrons. The van der Waals surface area contributed by atoms with Crippen LogP contribution < -0.4 is 5.73 Å².